The fourth-order valence-corrected chi connectivity index (χ4v) is 3.61. The third-order valence-electron chi connectivity index (χ3n) is 5.15. The van der Waals surface area contributed by atoms with Gasteiger partial charge in [0.05, 0.1) is 5.41 Å². The first-order valence-electron chi connectivity index (χ1n) is 7.47. The van der Waals surface area contributed by atoms with Crippen molar-refractivity contribution in [1.82, 2.24) is 4.90 Å². The Balaban J connectivity index is 2.01. The molecule has 1 saturated carbocycles. The van der Waals surface area contributed by atoms with Crippen molar-refractivity contribution < 1.29 is 9.53 Å². The second kappa shape index (κ2) is 5.66. The highest BCUT2D eigenvalue weighted by molar-refractivity contribution is 5.84. The number of amides is 1. The van der Waals surface area contributed by atoms with Crippen molar-refractivity contribution in [3.63, 3.8) is 0 Å². The first kappa shape index (κ1) is 14.6. The van der Waals surface area contributed by atoms with Crippen LogP contribution in [0.15, 0.2) is 12.7 Å². The van der Waals surface area contributed by atoms with Crippen molar-refractivity contribution in [2.24, 2.45) is 10.8 Å². The van der Waals surface area contributed by atoms with E-state index in [1.165, 1.54) is 32.1 Å². The van der Waals surface area contributed by atoms with Crippen molar-refractivity contribution in [1.29, 1.82) is 0 Å². The van der Waals surface area contributed by atoms with E-state index in [1.807, 2.05) is 6.92 Å². The zero-order valence-electron chi connectivity index (χ0n) is 12.4. The highest BCUT2D eigenvalue weighted by Crippen LogP contribution is 2.46. The van der Waals surface area contributed by atoms with E-state index in [2.05, 4.69) is 11.5 Å². The van der Waals surface area contributed by atoms with Gasteiger partial charge >= 0.3 is 0 Å². The molecule has 1 amide bonds. The molecule has 0 bridgehead atoms. The van der Waals surface area contributed by atoms with E-state index < -0.39 is 5.41 Å². The zero-order chi connectivity index (χ0) is 13.9. The molecule has 1 heterocycles. The summed E-state index contributed by atoms with van der Waals surface area (Å²) in [6.45, 7) is 8.34. The summed E-state index contributed by atoms with van der Waals surface area (Å²) in [5.74, 6) is 0.239. The van der Waals surface area contributed by atoms with Crippen LogP contribution in [-0.4, -0.2) is 37.6 Å². The van der Waals surface area contributed by atoms with Crippen molar-refractivity contribution >= 4 is 5.91 Å². The van der Waals surface area contributed by atoms with Crippen molar-refractivity contribution in [2.45, 2.75) is 45.4 Å². The molecule has 1 aliphatic carbocycles. The van der Waals surface area contributed by atoms with Crippen molar-refractivity contribution in [3.05, 3.63) is 12.7 Å². The predicted octanol–water partition coefficient (Wildman–Crippen LogP) is 3.01. The van der Waals surface area contributed by atoms with Gasteiger partial charge in [0.15, 0.2) is 0 Å². The van der Waals surface area contributed by atoms with Crippen LogP contribution in [0.2, 0.25) is 0 Å². The van der Waals surface area contributed by atoms with Gasteiger partial charge in [-0.1, -0.05) is 18.9 Å². The van der Waals surface area contributed by atoms with E-state index in [0.717, 1.165) is 19.5 Å². The molecule has 0 aromatic rings. The fraction of sp³-hybridized carbons (Fsp3) is 0.812. The molecule has 0 N–H and O–H groups in total. The summed E-state index contributed by atoms with van der Waals surface area (Å²) in [4.78, 5) is 14.8. The lowest BCUT2D eigenvalue weighted by molar-refractivity contribution is -0.138. The quantitative estimate of drug-likeness (QED) is 0.715. The lowest BCUT2D eigenvalue weighted by Gasteiger charge is -2.31. The van der Waals surface area contributed by atoms with Gasteiger partial charge in [-0.25, -0.2) is 0 Å². The Hall–Kier alpha value is -0.830. The molecule has 3 heteroatoms. The van der Waals surface area contributed by atoms with Crippen LogP contribution in [0.4, 0.5) is 0 Å². The highest BCUT2D eigenvalue weighted by Gasteiger charge is 2.44. The van der Waals surface area contributed by atoms with Crippen LogP contribution in [0.3, 0.4) is 0 Å². The highest BCUT2D eigenvalue weighted by atomic mass is 16.5. The number of methoxy groups -OCH3 is 1. The Kier molecular flexibility index (Phi) is 4.34. The Labute approximate surface area is 117 Å². The topological polar surface area (TPSA) is 29.5 Å². The first-order chi connectivity index (χ1) is 9.05. The molecule has 19 heavy (non-hydrogen) atoms. The van der Waals surface area contributed by atoms with E-state index in [9.17, 15) is 4.79 Å². The number of ether oxygens (including phenoxy) is 1. The molecule has 0 aromatic carbocycles. The summed E-state index contributed by atoms with van der Waals surface area (Å²) in [7, 11) is 1.68. The Morgan fingerprint density at radius 3 is 2.68 bits per heavy atom. The summed E-state index contributed by atoms with van der Waals surface area (Å²) in [6, 6.07) is 0. The van der Waals surface area contributed by atoms with Gasteiger partial charge in [-0.15, -0.1) is 6.58 Å². The molecule has 1 atom stereocenters. The summed E-state index contributed by atoms with van der Waals surface area (Å²) >= 11 is 0. The number of carbonyl (C=O) groups excluding carboxylic acids is 1. The molecule has 0 radical (unpaired) electrons. The van der Waals surface area contributed by atoms with Crippen LogP contribution in [0.5, 0.6) is 0 Å². The minimum absolute atomic E-state index is 0.239. The van der Waals surface area contributed by atoms with Crippen LogP contribution in [0.25, 0.3) is 0 Å². The molecule has 2 fully saturated rings. The summed E-state index contributed by atoms with van der Waals surface area (Å²) in [6.07, 6.45) is 8.99. The van der Waals surface area contributed by atoms with E-state index in [4.69, 9.17) is 4.74 Å². The smallest absolute Gasteiger partial charge is 0.232 e. The third-order valence-corrected chi connectivity index (χ3v) is 5.15. The number of carbonyl (C=O) groups is 1. The standard InChI is InChI=1S/C16H27NO2/c1-4-15(2,10-12-19-3)14(18)17-11-9-16(13-17)7-5-6-8-16/h4H,1,5-13H2,2-3H3/t15-/m1/s1. The Morgan fingerprint density at radius 2 is 2.11 bits per heavy atom. The molecule has 3 nitrogen and oxygen atoms in total. The molecular weight excluding hydrogens is 238 g/mol. The van der Waals surface area contributed by atoms with Crippen LogP contribution < -0.4 is 0 Å². The molecule has 2 aliphatic rings. The van der Waals surface area contributed by atoms with Crippen LogP contribution in [0, 0.1) is 10.8 Å². The third kappa shape index (κ3) is 2.86. The fourth-order valence-electron chi connectivity index (χ4n) is 3.61. The van der Waals surface area contributed by atoms with Gasteiger partial charge in [0.1, 0.15) is 0 Å². The number of hydrogen-bond acceptors (Lipinski definition) is 2. The number of rotatable bonds is 5. The molecule has 1 spiro atoms. The summed E-state index contributed by atoms with van der Waals surface area (Å²) in [5, 5.41) is 0. The molecule has 2 rings (SSSR count). The van der Waals surface area contributed by atoms with Crippen LogP contribution >= 0.6 is 0 Å². The van der Waals surface area contributed by atoms with Crippen molar-refractivity contribution in [3.8, 4) is 0 Å². The lowest BCUT2D eigenvalue weighted by Crippen LogP contribution is -2.41. The van der Waals surface area contributed by atoms with E-state index in [-0.39, 0.29) is 5.91 Å². The minimum Gasteiger partial charge on any atom is -0.385 e. The first-order valence-corrected chi connectivity index (χ1v) is 7.47. The van der Waals surface area contributed by atoms with Gasteiger partial charge in [-0.3, -0.25) is 4.79 Å². The second-order valence-electron chi connectivity index (χ2n) is 6.55. The van der Waals surface area contributed by atoms with Gasteiger partial charge in [-0.2, -0.15) is 0 Å². The largest absolute Gasteiger partial charge is 0.385 e. The van der Waals surface area contributed by atoms with E-state index >= 15 is 0 Å². The molecule has 1 aliphatic heterocycles. The van der Waals surface area contributed by atoms with Gasteiger partial charge in [0, 0.05) is 26.8 Å². The van der Waals surface area contributed by atoms with Crippen LogP contribution in [0.1, 0.15) is 45.4 Å². The van der Waals surface area contributed by atoms with Gasteiger partial charge < -0.3 is 9.64 Å². The number of hydrogen-bond donors (Lipinski definition) is 0. The normalized spacial score (nSPS) is 24.6. The number of likely N-dealkylation sites (tertiary alicyclic amines) is 1. The predicted molar refractivity (Wildman–Crippen MR) is 76.9 cm³/mol. The van der Waals surface area contributed by atoms with Gasteiger partial charge in [-0.05, 0) is 38.0 Å². The summed E-state index contributed by atoms with van der Waals surface area (Å²) in [5.41, 5.74) is -0.0286. The van der Waals surface area contributed by atoms with E-state index in [1.54, 1.807) is 13.2 Å². The van der Waals surface area contributed by atoms with E-state index in [0.29, 0.717) is 12.0 Å². The Bertz CT molecular complexity index is 347. The average molecular weight is 265 g/mol. The average Bonchev–Trinajstić information content (AvgIpc) is 3.06. The zero-order valence-corrected chi connectivity index (χ0v) is 12.4. The maximum Gasteiger partial charge on any atom is 0.232 e. The molecular formula is C16H27NO2. The van der Waals surface area contributed by atoms with Gasteiger partial charge in [0.2, 0.25) is 5.91 Å². The second-order valence-corrected chi connectivity index (χ2v) is 6.55. The molecule has 0 aromatic heterocycles. The van der Waals surface area contributed by atoms with Crippen LogP contribution in [-0.2, 0) is 9.53 Å². The molecule has 108 valence electrons. The van der Waals surface area contributed by atoms with Crippen molar-refractivity contribution in [2.75, 3.05) is 26.8 Å². The minimum atomic E-state index is -0.472. The molecule has 0 unspecified atom stereocenters. The molecule has 1 saturated heterocycles. The van der Waals surface area contributed by atoms with Gasteiger partial charge in [0.25, 0.3) is 0 Å². The summed E-state index contributed by atoms with van der Waals surface area (Å²) < 4.78 is 5.13. The maximum absolute atomic E-state index is 12.7. The monoisotopic (exact) mass is 265 g/mol. The lowest BCUT2D eigenvalue weighted by atomic mass is 9.84. The SMILES string of the molecule is C=C[C@](C)(CCOC)C(=O)N1CCC2(CCCC2)C1. The maximum atomic E-state index is 12.7. The number of nitrogens with zero attached hydrogens (tertiary/aromatic N) is 1. The Morgan fingerprint density at radius 1 is 1.42 bits per heavy atom.